The van der Waals surface area contributed by atoms with Gasteiger partial charge in [0.05, 0.1) is 11.0 Å². The Labute approximate surface area is 158 Å². The standard InChI is InChI=1S/C21H23N3O3/c25-21(22-18-9-5-7-15-6-1-2-8-17(15)18)16-10-11-19(20(14-16)24(26)27)23-12-3-4-13-23/h1-2,6,8,10-11,14,18H,3-5,7,9,12-13H2,(H,22,25)/t18-/m0/s1. The summed E-state index contributed by atoms with van der Waals surface area (Å²) in [6.07, 6.45) is 5.02. The predicted molar refractivity (Wildman–Crippen MR) is 104 cm³/mol. The number of carbonyl (C=O) groups excluding carboxylic acids is 1. The summed E-state index contributed by atoms with van der Waals surface area (Å²) < 4.78 is 0. The van der Waals surface area contributed by atoms with Gasteiger partial charge in [-0.2, -0.15) is 0 Å². The van der Waals surface area contributed by atoms with E-state index in [0.717, 1.165) is 50.8 Å². The van der Waals surface area contributed by atoms with E-state index in [1.807, 2.05) is 17.0 Å². The molecule has 140 valence electrons. The fourth-order valence-electron chi connectivity index (χ4n) is 4.18. The Morgan fingerprint density at radius 2 is 1.89 bits per heavy atom. The lowest BCUT2D eigenvalue weighted by Crippen LogP contribution is -2.31. The number of hydrogen-bond donors (Lipinski definition) is 1. The van der Waals surface area contributed by atoms with E-state index < -0.39 is 0 Å². The summed E-state index contributed by atoms with van der Waals surface area (Å²) in [6, 6.07) is 12.9. The second kappa shape index (κ2) is 7.39. The van der Waals surface area contributed by atoms with Crippen LogP contribution >= 0.6 is 0 Å². The first-order valence-electron chi connectivity index (χ1n) is 9.55. The van der Waals surface area contributed by atoms with E-state index in [-0.39, 0.29) is 22.6 Å². The normalized spacial score (nSPS) is 18.8. The van der Waals surface area contributed by atoms with Crippen molar-refractivity contribution in [3.05, 3.63) is 69.3 Å². The minimum absolute atomic E-state index is 0.00796. The smallest absolute Gasteiger partial charge is 0.293 e. The number of rotatable bonds is 4. The number of hydrogen-bond acceptors (Lipinski definition) is 4. The third-order valence-electron chi connectivity index (χ3n) is 5.56. The molecule has 0 saturated carbocycles. The molecule has 4 rings (SSSR count). The molecule has 1 aliphatic carbocycles. The van der Waals surface area contributed by atoms with Crippen molar-refractivity contribution in [3.8, 4) is 0 Å². The van der Waals surface area contributed by atoms with E-state index in [2.05, 4.69) is 17.4 Å². The molecule has 0 spiro atoms. The molecule has 0 bridgehead atoms. The maximum absolute atomic E-state index is 12.8. The van der Waals surface area contributed by atoms with Crippen LogP contribution in [0.2, 0.25) is 0 Å². The lowest BCUT2D eigenvalue weighted by molar-refractivity contribution is -0.384. The maximum atomic E-state index is 12.8. The van der Waals surface area contributed by atoms with Gasteiger partial charge in [-0.05, 0) is 55.4 Å². The first-order chi connectivity index (χ1) is 13.1. The van der Waals surface area contributed by atoms with Crippen molar-refractivity contribution in [2.75, 3.05) is 18.0 Å². The molecule has 1 heterocycles. The topological polar surface area (TPSA) is 75.5 Å². The lowest BCUT2D eigenvalue weighted by Gasteiger charge is -2.26. The van der Waals surface area contributed by atoms with Gasteiger partial charge in [0, 0.05) is 24.7 Å². The number of benzene rings is 2. The van der Waals surface area contributed by atoms with Gasteiger partial charge in [-0.15, -0.1) is 0 Å². The van der Waals surface area contributed by atoms with Crippen molar-refractivity contribution >= 4 is 17.3 Å². The van der Waals surface area contributed by atoms with Crippen LogP contribution in [0.15, 0.2) is 42.5 Å². The van der Waals surface area contributed by atoms with Crippen LogP contribution in [0.1, 0.15) is 53.2 Å². The van der Waals surface area contributed by atoms with E-state index in [1.54, 1.807) is 12.1 Å². The predicted octanol–water partition coefficient (Wildman–Crippen LogP) is 4.00. The number of nitrogens with zero attached hydrogens (tertiary/aromatic N) is 2. The van der Waals surface area contributed by atoms with Gasteiger partial charge in [0.1, 0.15) is 5.69 Å². The zero-order chi connectivity index (χ0) is 18.8. The second-order valence-corrected chi connectivity index (χ2v) is 7.27. The number of amides is 1. The number of nitrogens with one attached hydrogen (secondary N) is 1. The number of nitro groups is 1. The van der Waals surface area contributed by atoms with Crippen LogP contribution in [-0.4, -0.2) is 23.9 Å². The van der Waals surface area contributed by atoms with Gasteiger partial charge >= 0.3 is 0 Å². The molecule has 1 amide bonds. The van der Waals surface area contributed by atoms with Crippen molar-refractivity contribution in [1.29, 1.82) is 0 Å². The van der Waals surface area contributed by atoms with E-state index in [1.165, 1.54) is 11.6 Å². The Morgan fingerprint density at radius 3 is 2.67 bits per heavy atom. The number of fused-ring (bicyclic) bond motifs is 1. The van der Waals surface area contributed by atoms with Crippen LogP contribution in [0.4, 0.5) is 11.4 Å². The van der Waals surface area contributed by atoms with Crippen LogP contribution < -0.4 is 10.2 Å². The molecule has 2 aromatic rings. The monoisotopic (exact) mass is 365 g/mol. The van der Waals surface area contributed by atoms with Gasteiger partial charge < -0.3 is 10.2 Å². The van der Waals surface area contributed by atoms with E-state index in [0.29, 0.717) is 11.3 Å². The summed E-state index contributed by atoms with van der Waals surface area (Å²) >= 11 is 0. The van der Waals surface area contributed by atoms with Crippen LogP contribution in [0.3, 0.4) is 0 Å². The average Bonchev–Trinajstić information content (AvgIpc) is 3.22. The molecule has 6 nitrogen and oxygen atoms in total. The molecule has 1 saturated heterocycles. The van der Waals surface area contributed by atoms with Crippen LogP contribution in [0.5, 0.6) is 0 Å². The highest BCUT2D eigenvalue weighted by Crippen LogP contribution is 2.33. The minimum atomic E-state index is -0.389. The molecule has 1 aliphatic heterocycles. The third-order valence-corrected chi connectivity index (χ3v) is 5.56. The summed E-state index contributed by atoms with van der Waals surface area (Å²) in [4.78, 5) is 26.0. The summed E-state index contributed by atoms with van der Waals surface area (Å²) in [7, 11) is 0. The Bertz CT molecular complexity index is 875. The SMILES string of the molecule is O=C(N[C@H]1CCCc2ccccc21)c1ccc(N2CCCC2)c([N+](=O)[O-])c1. The van der Waals surface area contributed by atoms with E-state index >= 15 is 0 Å². The molecular formula is C21H23N3O3. The van der Waals surface area contributed by atoms with Gasteiger partial charge in [0.25, 0.3) is 11.6 Å². The second-order valence-electron chi connectivity index (χ2n) is 7.27. The zero-order valence-corrected chi connectivity index (χ0v) is 15.2. The highest BCUT2D eigenvalue weighted by molar-refractivity contribution is 5.96. The van der Waals surface area contributed by atoms with E-state index in [4.69, 9.17) is 0 Å². The molecule has 0 unspecified atom stereocenters. The molecule has 2 aliphatic rings. The first-order valence-corrected chi connectivity index (χ1v) is 9.55. The molecule has 1 atom stereocenters. The molecular weight excluding hydrogens is 342 g/mol. The molecule has 27 heavy (non-hydrogen) atoms. The van der Waals surface area contributed by atoms with Gasteiger partial charge in [-0.25, -0.2) is 0 Å². The fourth-order valence-corrected chi connectivity index (χ4v) is 4.18. The molecule has 0 radical (unpaired) electrons. The Morgan fingerprint density at radius 1 is 1.11 bits per heavy atom. The molecule has 1 N–H and O–H groups in total. The average molecular weight is 365 g/mol. The molecule has 2 aromatic carbocycles. The van der Waals surface area contributed by atoms with E-state index in [9.17, 15) is 14.9 Å². The fraction of sp³-hybridized carbons (Fsp3) is 0.381. The van der Waals surface area contributed by atoms with Gasteiger partial charge in [0.2, 0.25) is 0 Å². The van der Waals surface area contributed by atoms with Crippen LogP contribution in [-0.2, 0) is 6.42 Å². The van der Waals surface area contributed by atoms with Gasteiger partial charge in [0.15, 0.2) is 0 Å². The Hall–Kier alpha value is -2.89. The molecule has 6 heteroatoms. The number of anilines is 1. The molecule has 0 aromatic heterocycles. The summed E-state index contributed by atoms with van der Waals surface area (Å²) in [5, 5.41) is 14.6. The Kier molecular flexibility index (Phi) is 4.79. The van der Waals surface area contributed by atoms with Crippen molar-refractivity contribution < 1.29 is 9.72 Å². The van der Waals surface area contributed by atoms with Gasteiger partial charge in [-0.3, -0.25) is 14.9 Å². The zero-order valence-electron chi connectivity index (χ0n) is 15.2. The highest BCUT2D eigenvalue weighted by Gasteiger charge is 2.26. The summed E-state index contributed by atoms with van der Waals surface area (Å²) in [5.74, 6) is -0.257. The van der Waals surface area contributed by atoms with Gasteiger partial charge in [-0.1, -0.05) is 24.3 Å². The first kappa shape index (κ1) is 17.5. The maximum Gasteiger partial charge on any atom is 0.293 e. The van der Waals surface area contributed by atoms with Crippen molar-refractivity contribution in [2.45, 2.75) is 38.1 Å². The van der Waals surface area contributed by atoms with Crippen LogP contribution in [0, 0.1) is 10.1 Å². The molecule has 1 fully saturated rings. The van der Waals surface area contributed by atoms with Crippen molar-refractivity contribution in [2.24, 2.45) is 0 Å². The highest BCUT2D eigenvalue weighted by atomic mass is 16.6. The quantitative estimate of drug-likeness (QED) is 0.656. The van der Waals surface area contributed by atoms with Crippen molar-refractivity contribution in [1.82, 2.24) is 5.32 Å². The number of nitro benzene ring substituents is 1. The van der Waals surface area contributed by atoms with Crippen molar-refractivity contribution in [3.63, 3.8) is 0 Å². The number of carbonyl (C=O) groups is 1. The third kappa shape index (κ3) is 3.52. The summed E-state index contributed by atoms with van der Waals surface area (Å²) in [6.45, 7) is 1.65. The Balaban J connectivity index is 1.57. The minimum Gasteiger partial charge on any atom is -0.366 e. The largest absolute Gasteiger partial charge is 0.366 e. The van der Waals surface area contributed by atoms with Crippen LogP contribution in [0.25, 0.3) is 0 Å². The number of aryl methyl sites for hydroxylation is 1. The lowest BCUT2D eigenvalue weighted by atomic mass is 9.87. The summed E-state index contributed by atoms with van der Waals surface area (Å²) in [5.41, 5.74) is 3.38.